The van der Waals surface area contributed by atoms with Gasteiger partial charge in [0.15, 0.2) is 11.6 Å². The van der Waals surface area contributed by atoms with E-state index in [-0.39, 0.29) is 11.8 Å². The number of ether oxygens (including phenoxy) is 1. The summed E-state index contributed by atoms with van der Waals surface area (Å²) in [6.07, 6.45) is -3.30. The molecule has 0 aliphatic carbocycles. The molecule has 3 aromatic rings. The highest BCUT2D eigenvalue weighted by atomic mass is 35.5. The van der Waals surface area contributed by atoms with E-state index in [0.717, 1.165) is 0 Å². The summed E-state index contributed by atoms with van der Waals surface area (Å²) in [6, 6.07) is 4.27. The summed E-state index contributed by atoms with van der Waals surface area (Å²) < 4.78 is 58.8. The van der Waals surface area contributed by atoms with Gasteiger partial charge in [-0.05, 0) is 31.2 Å². The number of alkyl halides is 3. The number of carboxylic acid groups (broad SMARTS) is 1. The molecule has 0 bridgehead atoms. The fourth-order valence-electron chi connectivity index (χ4n) is 2.43. The Morgan fingerprint density at radius 2 is 2.00 bits per heavy atom. The minimum atomic E-state index is -4.75. The number of nitrogens with zero attached hydrogens (tertiary/aromatic N) is 2. The zero-order valence-corrected chi connectivity index (χ0v) is 14.3. The zero-order valence-electron chi connectivity index (χ0n) is 13.6. The standard InChI is InChI=1S/C17H11ClF4N2O3/c1-8(16(25)26)24-14-6-11(3-2-9(14)7-23-24)27-15-12(18)4-10(5-13(15)19)17(20,21)22/h2-8H,1H3,(H,25,26). The van der Waals surface area contributed by atoms with Crippen LogP contribution >= 0.6 is 11.6 Å². The second-order valence-electron chi connectivity index (χ2n) is 5.69. The predicted octanol–water partition coefficient (Wildman–Crippen LogP) is 5.29. The number of carbonyl (C=O) groups is 1. The highest BCUT2D eigenvalue weighted by molar-refractivity contribution is 6.32. The van der Waals surface area contributed by atoms with Crippen LogP contribution in [0.4, 0.5) is 17.6 Å². The molecule has 1 heterocycles. The smallest absolute Gasteiger partial charge is 0.416 e. The molecular formula is C17H11ClF4N2O3. The molecular weight excluding hydrogens is 392 g/mol. The molecule has 0 aliphatic rings. The topological polar surface area (TPSA) is 64.3 Å². The molecule has 0 saturated carbocycles. The van der Waals surface area contributed by atoms with Gasteiger partial charge >= 0.3 is 12.1 Å². The molecule has 1 unspecified atom stereocenters. The maximum absolute atomic E-state index is 14.1. The molecule has 2 aromatic carbocycles. The molecule has 0 amide bonds. The van der Waals surface area contributed by atoms with E-state index in [9.17, 15) is 22.4 Å². The number of rotatable bonds is 4. The van der Waals surface area contributed by atoms with Gasteiger partial charge in [0.1, 0.15) is 11.8 Å². The number of benzene rings is 2. The third-order valence-electron chi connectivity index (χ3n) is 3.84. The molecule has 1 atom stereocenters. The number of halogens is 5. The van der Waals surface area contributed by atoms with Crippen LogP contribution in [0.5, 0.6) is 11.5 Å². The van der Waals surface area contributed by atoms with Crippen molar-refractivity contribution in [3.8, 4) is 11.5 Å². The van der Waals surface area contributed by atoms with E-state index < -0.39 is 40.3 Å². The molecule has 0 radical (unpaired) electrons. The Balaban J connectivity index is 2.00. The van der Waals surface area contributed by atoms with E-state index in [1.165, 1.54) is 29.9 Å². The average Bonchev–Trinajstić information content (AvgIpc) is 2.99. The van der Waals surface area contributed by atoms with E-state index >= 15 is 0 Å². The van der Waals surface area contributed by atoms with Crippen LogP contribution in [0, 0.1) is 5.82 Å². The van der Waals surface area contributed by atoms with Crippen LogP contribution in [-0.4, -0.2) is 20.9 Å². The van der Waals surface area contributed by atoms with Gasteiger partial charge in [-0.15, -0.1) is 0 Å². The Kier molecular flexibility index (Phi) is 4.73. The van der Waals surface area contributed by atoms with Crippen LogP contribution in [0.3, 0.4) is 0 Å². The van der Waals surface area contributed by atoms with Gasteiger partial charge in [0, 0.05) is 11.5 Å². The zero-order chi connectivity index (χ0) is 19.9. The van der Waals surface area contributed by atoms with Crippen molar-refractivity contribution in [1.82, 2.24) is 9.78 Å². The monoisotopic (exact) mass is 402 g/mol. The van der Waals surface area contributed by atoms with E-state index in [1.807, 2.05) is 0 Å². The summed E-state index contributed by atoms with van der Waals surface area (Å²) in [5, 5.41) is 13.2. The third kappa shape index (κ3) is 3.68. The lowest BCUT2D eigenvalue weighted by molar-refractivity contribution is -0.140. The van der Waals surface area contributed by atoms with Crippen LogP contribution < -0.4 is 4.74 Å². The van der Waals surface area contributed by atoms with Crippen molar-refractivity contribution >= 4 is 28.5 Å². The largest absolute Gasteiger partial charge is 0.480 e. The molecule has 0 fully saturated rings. The first-order valence-electron chi connectivity index (χ1n) is 7.52. The average molecular weight is 403 g/mol. The predicted molar refractivity (Wildman–Crippen MR) is 88.6 cm³/mol. The minimum absolute atomic E-state index is 0.0578. The Hall–Kier alpha value is -2.81. The molecule has 0 spiro atoms. The van der Waals surface area contributed by atoms with Crippen molar-refractivity contribution in [3.05, 3.63) is 52.9 Å². The van der Waals surface area contributed by atoms with Crippen molar-refractivity contribution in [1.29, 1.82) is 0 Å². The van der Waals surface area contributed by atoms with E-state index in [1.54, 1.807) is 6.07 Å². The summed E-state index contributed by atoms with van der Waals surface area (Å²) in [5.41, 5.74) is -0.841. The summed E-state index contributed by atoms with van der Waals surface area (Å²) in [5.74, 6) is -2.89. The fourth-order valence-corrected chi connectivity index (χ4v) is 2.68. The van der Waals surface area contributed by atoms with Crippen LogP contribution in [-0.2, 0) is 11.0 Å². The van der Waals surface area contributed by atoms with Crippen molar-refractivity contribution in [2.45, 2.75) is 19.1 Å². The Labute approximate surface area is 154 Å². The SMILES string of the molecule is CC(C(=O)O)n1ncc2ccc(Oc3c(F)cc(C(F)(F)F)cc3Cl)cc21. The molecule has 0 aliphatic heterocycles. The van der Waals surface area contributed by atoms with E-state index in [2.05, 4.69) is 5.10 Å². The van der Waals surface area contributed by atoms with Crippen LogP contribution in [0.25, 0.3) is 10.9 Å². The number of aromatic nitrogens is 2. The lowest BCUT2D eigenvalue weighted by atomic mass is 10.2. The van der Waals surface area contributed by atoms with Crippen molar-refractivity contribution < 1.29 is 32.2 Å². The fraction of sp³-hybridized carbons (Fsp3) is 0.176. The van der Waals surface area contributed by atoms with Gasteiger partial charge in [-0.1, -0.05) is 11.6 Å². The number of hydrogen-bond donors (Lipinski definition) is 1. The van der Waals surface area contributed by atoms with Gasteiger partial charge in [0.05, 0.1) is 22.3 Å². The van der Waals surface area contributed by atoms with Crippen LogP contribution in [0.2, 0.25) is 5.02 Å². The third-order valence-corrected chi connectivity index (χ3v) is 4.12. The first-order valence-corrected chi connectivity index (χ1v) is 7.90. The molecule has 1 N–H and O–H groups in total. The van der Waals surface area contributed by atoms with Crippen LogP contribution in [0.15, 0.2) is 36.5 Å². The molecule has 5 nitrogen and oxygen atoms in total. The second-order valence-corrected chi connectivity index (χ2v) is 6.10. The van der Waals surface area contributed by atoms with Crippen molar-refractivity contribution in [2.75, 3.05) is 0 Å². The lowest BCUT2D eigenvalue weighted by Gasteiger charge is -2.13. The number of aliphatic carboxylic acids is 1. The first-order chi connectivity index (χ1) is 12.6. The highest BCUT2D eigenvalue weighted by Gasteiger charge is 2.32. The summed E-state index contributed by atoms with van der Waals surface area (Å²) >= 11 is 5.75. The molecule has 0 saturated heterocycles. The second kappa shape index (κ2) is 6.73. The Bertz CT molecular complexity index is 1010. The summed E-state index contributed by atoms with van der Waals surface area (Å²) in [7, 11) is 0. The van der Waals surface area contributed by atoms with E-state index in [0.29, 0.717) is 17.0 Å². The van der Waals surface area contributed by atoms with Gasteiger partial charge in [0.2, 0.25) is 0 Å². The molecule has 142 valence electrons. The van der Waals surface area contributed by atoms with Crippen LogP contribution in [0.1, 0.15) is 18.5 Å². The molecule has 1 aromatic heterocycles. The molecule has 10 heteroatoms. The van der Waals surface area contributed by atoms with Gasteiger partial charge in [-0.25, -0.2) is 9.18 Å². The molecule has 3 rings (SSSR count). The van der Waals surface area contributed by atoms with E-state index in [4.69, 9.17) is 21.4 Å². The first kappa shape index (κ1) is 19.0. The maximum atomic E-state index is 14.1. The summed E-state index contributed by atoms with van der Waals surface area (Å²) in [6.45, 7) is 1.43. The van der Waals surface area contributed by atoms with Gasteiger partial charge in [-0.3, -0.25) is 4.68 Å². The Morgan fingerprint density at radius 1 is 1.30 bits per heavy atom. The number of fused-ring (bicyclic) bond motifs is 1. The lowest BCUT2D eigenvalue weighted by Crippen LogP contribution is -2.16. The quantitative estimate of drug-likeness (QED) is 0.602. The van der Waals surface area contributed by atoms with Gasteiger partial charge in [-0.2, -0.15) is 18.3 Å². The highest BCUT2D eigenvalue weighted by Crippen LogP contribution is 2.39. The molecule has 27 heavy (non-hydrogen) atoms. The normalized spacial score (nSPS) is 13.0. The van der Waals surface area contributed by atoms with Gasteiger partial charge in [0.25, 0.3) is 0 Å². The summed E-state index contributed by atoms with van der Waals surface area (Å²) in [4.78, 5) is 11.2. The maximum Gasteiger partial charge on any atom is 0.416 e. The van der Waals surface area contributed by atoms with Gasteiger partial charge < -0.3 is 9.84 Å². The van der Waals surface area contributed by atoms with Crippen molar-refractivity contribution in [3.63, 3.8) is 0 Å². The number of carboxylic acids is 1. The minimum Gasteiger partial charge on any atom is -0.480 e. The number of hydrogen-bond acceptors (Lipinski definition) is 3. The van der Waals surface area contributed by atoms with Crippen molar-refractivity contribution in [2.24, 2.45) is 0 Å². The Morgan fingerprint density at radius 3 is 2.59 bits per heavy atom.